The number of rotatable bonds is 6. The number of allylic oxidation sites excluding steroid dienone is 1. The van der Waals surface area contributed by atoms with Gasteiger partial charge in [-0.2, -0.15) is 0 Å². The molecule has 0 spiro atoms. The van der Waals surface area contributed by atoms with Crippen LogP contribution in [0.3, 0.4) is 0 Å². The van der Waals surface area contributed by atoms with Gasteiger partial charge in [0.25, 0.3) is 0 Å². The summed E-state index contributed by atoms with van der Waals surface area (Å²) < 4.78 is 12.9. The molecule has 0 bridgehead atoms. The molecule has 0 heterocycles. The Morgan fingerprint density at radius 2 is 2.20 bits per heavy atom. The highest BCUT2D eigenvalue weighted by atomic mass is 19.1. The number of benzene rings is 1. The van der Waals surface area contributed by atoms with Crippen molar-refractivity contribution in [2.24, 2.45) is 0 Å². The average molecular weight is 205 g/mol. The summed E-state index contributed by atoms with van der Waals surface area (Å²) in [4.78, 5) is 0. The number of hydrogen-bond acceptors (Lipinski definition) is 1. The van der Waals surface area contributed by atoms with Gasteiger partial charge in [-0.1, -0.05) is 18.2 Å². The maximum Gasteiger partial charge on any atom is 0.125 e. The lowest BCUT2D eigenvalue weighted by molar-refractivity contribution is 0.628. The second-order valence-electron chi connectivity index (χ2n) is 3.36. The van der Waals surface area contributed by atoms with E-state index in [1.54, 1.807) is 6.07 Å². The van der Waals surface area contributed by atoms with Gasteiger partial charge in [-0.3, -0.25) is 0 Å². The van der Waals surface area contributed by atoms with Crippen molar-refractivity contribution < 1.29 is 4.39 Å². The van der Waals surface area contributed by atoms with Crippen LogP contribution in [-0.2, 0) is 0 Å². The topological polar surface area (TPSA) is 12.0 Å². The number of hydrogen-bond donors (Lipinski definition) is 1. The Kier molecular flexibility index (Phi) is 4.61. The Labute approximate surface area is 90.3 Å². The molecule has 80 valence electrons. The summed E-state index contributed by atoms with van der Waals surface area (Å²) in [7, 11) is 0. The first-order valence-electron chi connectivity index (χ1n) is 5.02. The maximum atomic E-state index is 12.9. The molecule has 1 atom stereocenters. The van der Waals surface area contributed by atoms with Crippen LogP contribution in [0.5, 0.6) is 0 Å². The fraction of sp³-hybridized carbons (Fsp3) is 0.231. The van der Waals surface area contributed by atoms with Gasteiger partial charge in [0.2, 0.25) is 0 Å². The molecule has 1 rings (SSSR count). The van der Waals surface area contributed by atoms with Crippen molar-refractivity contribution >= 4 is 5.69 Å². The van der Waals surface area contributed by atoms with Crippen molar-refractivity contribution in [1.82, 2.24) is 0 Å². The van der Waals surface area contributed by atoms with Crippen LogP contribution in [0.4, 0.5) is 10.1 Å². The summed E-state index contributed by atoms with van der Waals surface area (Å²) in [5, 5.41) is 3.20. The van der Waals surface area contributed by atoms with Crippen LogP contribution in [0.1, 0.15) is 12.8 Å². The molecule has 1 nitrogen and oxygen atoms in total. The van der Waals surface area contributed by atoms with Crippen LogP contribution in [0, 0.1) is 5.82 Å². The van der Waals surface area contributed by atoms with Gasteiger partial charge in [0.15, 0.2) is 0 Å². The Morgan fingerprint density at radius 3 is 2.80 bits per heavy atom. The third-order valence-corrected chi connectivity index (χ3v) is 2.14. The smallest absolute Gasteiger partial charge is 0.125 e. The zero-order valence-corrected chi connectivity index (χ0v) is 8.75. The van der Waals surface area contributed by atoms with E-state index in [2.05, 4.69) is 18.5 Å². The number of nitrogens with one attached hydrogen (secondary N) is 1. The molecule has 1 aromatic rings. The highest BCUT2D eigenvalue weighted by molar-refractivity contribution is 5.44. The van der Waals surface area contributed by atoms with E-state index in [1.165, 1.54) is 12.1 Å². The van der Waals surface area contributed by atoms with Gasteiger partial charge in [-0.05, 0) is 31.0 Å². The molecule has 0 amide bonds. The van der Waals surface area contributed by atoms with Crippen molar-refractivity contribution in [2.75, 3.05) is 5.32 Å². The van der Waals surface area contributed by atoms with Crippen LogP contribution in [0.2, 0.25) is 0 Å². The second kappa shape index (κ2) is 6.02. The van der Waals surface area contributed by atoms with Crippen LogP contribution in [0.25, 0.3) is 0 Å². The van der Waals surface area contributed by atoms with Gasteiger partial charge in [0, 0.05) is 11.7 Å². The fourth-order valence-electron chi connectivity index (χ4n) is 1.34. The molecule has 1 N–H and O–H groups in total. The van der Waals surface area contributed by atoms with Crippen LogP contribution < -0.4 is 5.32 Å². The summed E-state index contributed by atoms with van der Waals surface area (Å²) in [5.41, 5.74) is 0.781. The van der Waals surface area contributed by atoms with Gasteiger partial charge in [0.05, 0.1) is 0 Å². The third kappa shape index (κ3) is 3.98. The lowest BCUT2D eigenvalue weighted by Gasteiger charge is -2.15. The monoisotopic (exact) mass is 205 g/mol. The molecule has 0 radical (unpaired) electrons. The molecule has 0 aliphatic rings. The van der Waals surface area contributed by atoms with Gasteiger partial charge < -0.3 is 5.32 Å². The minimum atomic E-state index is -0.230. The molecule has 15 heavy (non-hydrogen) atoms. The van der Waals surface area contributed by atoms with E-state index in [1.807, 2.05) is 18.2 Å². The Bertz CT molecular complexity index is 333. The summed E-state index contributed by atoms with van der Waals surface area (Å²) in [6, 6.07) is 6.59. The molecule has 0 aliphatic carbocycles. The summed E-state index contributed by atoms with van der Waals surface area (Å²) in [5.74, 6) is -0.230. The van der Waals surface area contributed by atoms with Crippen LogP contribution >= 0.6 is 0 Å². The molecule has 0 saturated heterocycles. The van der Waals surface area contributed by atoms with Gasteiger partial charge >= 0.3 is 0 Å². The minimum Gasteiger partial charge on any atom is -0.379 e. The molecule has 1 unspecified atom stereocenters. The predicted octanol–water partition coefficient (Wildman–Crippen LogP) is 3.76. The van der Waals surface area contributed by atoms with E-state index in [-0.39, 0.29) is 11.9 Å². The molecular weight excluding hydrogens is 189 g/mol. The zero-order chi connectivity index (χ0) is 11.1. The SMILES string of the molecule is C=CCCC(C=C)Nc1cccc(F)c1. The Hall–Kier alpha value is -1.57. The van der Waals surface area contributed by atoms with E-state index >= 15 is 0 Å². The summed E-state index contributed by atoms with van der Waals surface area (Å²) in [6.45, 7) is 7.41. The molecule has 0 saturated carbocycles. The van der Waals surface area contributed by atoms with E-state index in [9.17, 15) is 4.39 Å². The highest BCUT2D eigenvalue weighted by Gasteiger charge is 2.02. The molecule has 2 heteroatoms. The second-order valence-corrected chi connectivity index (χ2v) is 3.36. The Morgan fingerprint density at radius 1 is 1.40 bits per heavy atom. The van der Waals surface area contributed by atoms with E-state index in [0.717, 1.165) is 18.5 Å². The lowest BCUT2D eigenvalue weighted by atomic mass is 10.1. The van der Waals surface area contributed by atoms with E-state index < -0.39 is 0 Å². The predicted molar refractivity (Wildman–Crippen MR) is 63.4 cm³/mol. The highest BCUT2D eigenvalue weighted by Crippen LogP contribution is 2.13. The first-order valence-corrected chi connectivity index (χ1v) is 5.02. The fourth-order valence-corrected chi connectivity index (χ4v) is 1.34. The normalized spacial score (nSPS) is 11.8. The largest absolute Gasteiger partial charge is 0.379 e. The van der Waals surface area contributed by atoms with Crippen molar-refractivity contribution in [1.29, 1.82) is 0 Å². The third-order valence-electron chi connectivity index (χ3n) is 2.14. The molecular formula is C13H16FN. The number of anilines is 1. The van der Waals surface area contributed by atoms with Crippen molar-refractivity contribution in [2.45, 2.75) is 18.9 Å². The molecule has 0 aliphatic heterocycles. The van der Waals surface area contributed by atoms with Crippen molar-refractivity contribution in [3.8, 4) is 0 Å². The van der Waals surface area contributed by atoms with E-state index in [4.69, 9.17) is 0 Å². The van der Waals surface area contributed by atoms with Crippen molar-refractivity contribution in [3.63, 3.8) is 0 Å². The van der Waals surface area contributed by atoms with Gasteiger partial charge in [0.1, 0.15) is 5.82 Å². The molecule has 1 aromatic carbocycles. The molecule has 0 fully saturated rings. The van der Waals surface area contributed by atoms with E-state index in [0.29, 0.717) is 0 Å². The van der Waals surface area contributed by atoms with Crippen LogP contribution in [0.15, 0.2) is 49.6 Å². The minimum absolute atomic E-state index is 0.157. The quantitative estimate of drug-likeness (QED) is 0.697. The van der Waals surface area contributed by atoms with Crippen LogP contribution in [-0.4, -0.2) is 6.04 Å². The summed E-state index contributed by atoms with van der Waals surface area (Å²) >= 11 is 0. The maximum absolute atomic E-state index is 12.9. The van der Waals surface area contributed by atoms with Gasteiger partial charge in [-0.25, -0.2) is 4.39 Å². The standard InChI is InChI=1S/C13H16FN/c1-3-5-8-12(4-2)15-13-9-6-7-11(14)10-13/h3-4,6-7,9-10,12,15H,1-2,5,8H2. The molecule has 0 aromatic heterocycles. The first kappa shape index (κ1) is 11.5. The average Bonchev–Trinajstić information content (AvgIpc) is 2.24. The van der Waals surface area contributed by atoms with Gasteiger partial charge in [-0.15, -0.1) is 13.2 Å². The lowest BCUT2D eigenvalue weighted by Crippen LogP contribution is -2.15. The Balaban J connectivity index is 2.58. The zero-order valence-electron chi connectivity index (χ0n) is 8.75. The number of halogens is 1. The van der Waals surface area contributed by atoms with Crippen molar-refractivity contribution in [3.05, 3.63) is 55.4 Å². The first-order chi connectivity index (χ1) is 7.26. The summed E-state index contributed by atoms with van der Waals surface area (Å²) in [6.07, 6.45) is 5.53.